The van der Waals surface area contributed by atoms with Gasteiger partial charge in [-0.2, -0.15) is 0 Å². The summed E-state index contributed by atoms with van der Waals surface area (Å²) >= 11 is 0. The monoisotopic (exact) mass is 275 g/mol. The summed E-state index contributed by atoms with van der Waals surface area (Å²) in [7, 11) is 1.48. The minimum Gasteiger partial charge on any atom is -0.480 e. The van der Waals surface area contributed by atoms with E-state index in [1.807, 2.05) is 4.90 Å². The van der Waals surface area contributed by atoms with Gasteiger partial charge < -0.3 is 15.0 Å². The van der Waals surface area contributed by atoms with Crippen molar-refractivity contribution < 1.29 is 14.3 Å². The lowest BCUT2D eigenvalue weighted by Crippen LogP contribution is -2.37. The normalized spacial score (nSPS) is 21.9. The first kappa shape index (κ1) is 12.9. The highest BCUT2D eigenvalue weighted by atomic mass is 16.5. The summed E-state index contributed by atoms with van der Waals surface area (Å²) in [4.78, 5) is 29.9. The summed E-state index contributed by atoms with van der Waals surface area (Å²) in [5.41, 5.74) is 0.396. The van der Waals surface area contributed by atoms with E-state index in [0.717, 1.165) is 12.8 Å². The van der Waals surface area contributed by atoms with Crippen LogP contribution in [-0.4, -0.2) is 47.4 Å². The van der Waals surface area contributed by atoms with Crippen LogP contribution in [0.5, 0.6) is 5.88 Å². The van der Waals surface area contributed by atoms with Crippen molar-refractivity contribution in [1.29, 1.82) is 0 Å². The molecule has 2 heterocycles. The van der Waals surface area contributed by atoms with E-state index in [1.165, 1.54) is 7.11 Å². The van der Waals surface area contributed by atoms with Crippen LogP contribution in [0.4, 0.5) is 0 Å². The number of amides is 2. The van der Waals surface area contributed by atoms with Gasteiger partial charge in [-0.05, 0) is 25.0 Å². The molecule has 1 saturated heterocycles. The molecule has 3 rings (SSSR count). The van der Waals surface area contributed by atoms with Crippen molar-refractivity contribution in [2.45, 2.75) is 31.3 Å². The maximum absolute atomic E-state index is 12.2. The zero-order valence-corrected chi connectivity index (χ0v) is 11.3. The molecule has 1 aromatic heterocycles. The number of nitrogens with one attached hydrogen (secondary N) is 1. The van der Waals surface area contributed by atoms with Crippen molar-refractivity contribution in [3.8, 4) is 5.88 Å². The number of hydrogen-bond acceptors (Lipinski definition) is 4. The number of rotatable bonds is 4. The van der Waals surface area contributed by atoms with Crippen LogP contribution in [0.1, 0.15) is 29.6 Å². The molecule has 0 spiro atoms. The van der Waals surface area contributed by atoms with Gasteiger partial charge in [-0.3, -0.25) is 9.59 Å². The number of hydrogen-bond donors (Lipinski definition) is 1. The van der Waals surface area contributed by atoms with Crippen LogP contribution in [-0.2, 0) is 4.79 Å². The third-order valence-corrected chi connectivity index (χ3v) is 3.69. The molecule has 6 nitrogen and oxygen atoms in total. The Balaban J connectivity index is 1.66. The number of aromatic nitrogens is 1. The standard InChI is InChI=1S/C14H17N3O3/c1-20-14-11(3-2-6-15-14)13(19)16-9-7-12(18)17(8-9)10-4-5-10/h2-3,6,9-10H,4-5,7-8H2,1H3,(H,16,19). The van der Waals surface area contributed by atoms with E-state index in [-0.39, 0.29) is 17.9 Å². The number of methoxy groups -OCH3 is 1. The maximum atomic E-state index is 12.2. The largest absolute Gasteiger partial charge is 0.480 e. The summed E-state index contributed by atoms with van der Waals surface area (Å²) in [6, 6.07) is 3.63. The molecule has 2 amide bonds. The molecule has 1 aliphatic heterocycles. The van der Waals surface area contributed by atoms with Gasteiger partial charge >= 0.3 is 0 Å². The zero-order chi connectivity index (χ0) is 14.1. The van der Waals surface area contributed by atoms with E-state index in [2.05, 4.69) is 10.3 Å². The number of pyridine rings is 1. The summed E-state index contributed by atoms with van der Waals surface area (Å²) in [5.74, 6) is 0.190. The molecular formula is C14H17N3O3. The first-order valence-corrected chi connectivity index (χ1v) is 6.78. The molecule has 2 fully saturated rings. The van der Waals surface area contributed by atoms with Gasteiger partial charge in [0.15, 0.2) is 0 Å². The Kier molecular flexibility index (Phi) is 3.30. The number of carbonyl (C=O) groups excluding carboxylic acids is 2. The smallest absolute Gasteiger partial charge is 0.257 e. The molecule has 20 heavy (non-hydrogen) atoms. The molecule has 2 aliphatic rings. The Bertz CT molecular complexity index is 542. The predicted octanol–water partition coefficient (Wildman–Crippen LogP) is 0.583. The van der Waals surface area contributed by atoms with Crippen LogP contribution in [0.15, 0.2) is 18.3 Å². The minimum atomic E-state index is -0.245. The van der Waals surface area contributed by atoms with Crippen molar-refractivity contribution in [2.75, 3.05) is 13.7 Å². The fourth-order valence-electron chi connectivity index (χ4n) is 2.56. The second kappa shape index (κ2) is 5.11. The number of ether oxygens (including phenoxy) is 1. The highest BCUT2D eigenvalue weighted by molar-refractivity contribution is 5.97. The lowest BCUT2D eigenvalue weighted by atomic mass is 10.2. The lowest BCUT2D eigenvalue weighted by molar-refractivity contribution is -0.128. The molecule has 0 bridgehead atoms. The highest BCUT2D eigenvalue weighted by Gasteiger charge is 2.39. The fraction of sp³-hybridized carbons (Fsp3) is 0.500. The summed E-state index contributed by atoms with van der Waals surface area (Å²) in [6.45, 7) is 0.609. The Morgan fingerprint density at radius 3 is 3.00 bits per heavy atom. The van der Waals surface area contributed by atoms with E-state index in [0.29, 0.717) is 30.5 Å². The summed E-state index contributed by atoms with van der Waals surface area (Å²) in [5, 5.41) is 2.89. The summed E-state index contributed by atoms with van der Waals surface area (Å²) in [6.07, 6.45) is 4.13. The van der Waals surface area contributed by atoms with Crippen LogP contribution in [0.25, 0.3) is 0 Å². The van der Waals surface area contributed by atoms with E-state index in [1.54, 1.807) is 18.3 Å². The Labute approximate surface area is 117 Å². The van der Waals surface area contributed by atoms with Gasteiger partial charge in [0.1, 0.15) is 5.56 Å². The molecule has 1 unspecified atom stereocenters. The molecule has 1 aliphatic carbocycles. The molecule has 106 valence electrons. The quantitative estimate of drug-likeness (QED) is 0.872. The van der Waals surface area contributed by atoms with Crippen molar-refractivity contribution in [1.82, 2.24) is 15.2 Å². The van der Waals surface area contributed by atoms with Crippen LogP contribution >= 0.6 is 0 Å². The van der Waals surface area contributed by atoms with Gasteiger partial charge in [0, 0.05) is 25.2 Å². The molecule has 1 aromatic rings. The first-order valence-electron chi connectivity index (χ1n) is 6.78. The molecule has 1 N–H and O–H groups in total. The van der Waals surface area contributed by atoms with Crippen LogP contribution in [0, 0.1) is 0 Å². The topological polar surface area (TPSA) is 71.5 Å². The number of likely N-dealkylation sites (tertiary alicyclic amines) is 1. The van der Waals surface area contributed by atoms with E-state index in [4.69, 9.17) is 4.74 Å². The SMILES string of the molecule is COc1ncccc1C(=O)NC1CC(=O)N(C2CC2)C1. The van der Waals surface area contributed by atoms with Gasteiger partial charge in [-0.1, -0.05) is 0 Å². The van der Waals surface area contributed by atoms with Gasteiger partial charge in [0.2, 0.25) is 11.8 Å². The summed E-state index contributed by atoms with van der Waals surface area (Å²) < 4.78 is 5.07. The minimum absolute atomic E-state index is 0.125. The van der Waals surface area contributed by atoms with Gasteiger partial charge in [-0.15, -0.1) is 0 Å². The van der Waals surface area contributed by atoms with Crippen LogP contribution in [0.2, 0.25) is 0 Å². The second-order valence-electron chi connectivity index (χ2n) is 5.21. The average Bonchev–Trinajstić information content (AvgIpc) is 3.23. The Morgan fingerprint density at radius 1 is 1.50 bits per heavy atom. The highest BCUT2D eigenvalue weighted by Crippen LogP contribution is 2.30. The molecule has 0 aromatic carbocycles. The fourth-order valence-corrected chi connectivity index (χ4v) is 2.56. The van der Waals surface area contributed by atoms with E-state index in [9.17, 15) is 9.59 Å². The van der Waals surface area contributed by atoms with Gasteiger partial charge in [-0.25, -0.2) is 4.98 Å². The lowest BCUT2D eigenvalue weighted by Gasteiger charge is -2.16. The molecular weight excluding hydrogens is 258 g/mol. The maximum Gasteiger partial charge on any atom is 0.257 e. The Morgan fingerprint density at radius 2 is 2.30 bits per heavy atom. The van der Waals surface area contributed by atoms with E-state index >= 15 is 0 Å². The first-order chi connectivity index (χ1) is 9.69. The molecule has 1 saturated carbocycles. The molecule has 1 atom stereocenters. The van der Waals surface area contributed by atoms with Gasteiger partial charge in [0.25, 0.3) is 5.91 Å². The third-order valence-electron chi connectivity index (χ3n) is 3.69. The van der Waals surface area contributed by atoms with Crippen LogP contribution in [0.3, 0.4) is 0 Å². The van der Waals surface area contributed by atoms with Crippen molar-refractivity contribution in [3.63, 3.8) is 0 Å². The van der Waals surface area contributed by atoms with Gasteiger partial charge in [0.05, 0.1) is 13.2 Å². The average molecular weight is 275 g/mol. The number of carbonyl (C=O) groups is 2. The number of nitrogens with zero attached hydrogens (tertiary/aromatic N) is 2. The van der Waals surface area contributed by atoms with Crippen LogP contribution < -0.4 is 10.1 Å². The van der Waals surface area contributed by atoms with E-state index < -0.39 is 0 Å². The second-order valence-corrected chi connectivity index (χ2v) is 5.21. The molecule has 0 radical (unpaired) electrons. The van der Waals surface area contributed by atoms with Crippen molar-refractivity contribution in [2.24, 2.45) is 0 Å². The van der Waals surface area contributed by atoms with Crippen molar-refractivity contribution in [3.05, 3.63) is 23.9 Å². The Hall–Kier alpha value is -2.11. The zero-order valence-electron chi connectivity index (χ0n) is 11.3. The van der Waals surface area contributed by atoms with Crippen molar-refractivity contribution >= 4 is 11.8 Å². The predicted molar refractivity (Wildman–Crippen MR) is 71.4 cm³/mol. The third kappa shape index (κ3) is 2.45. The molecule has 6 heteroatoms.